The number of carbonyl (C=O) groups is 1. The summed E-state index contributed by atoms with van der Waals surface area (Å²) < 4.78 is 11.3. The van der Waals surface area contributed by atoms with Gasteiger partial charge in [0.1, 0.15) is 5.60 Å². The molecule has 1 saturated carbocycles. The van der Waals surface area contributed by atoms with Gasteiger partial charge in [-0.1, -0.05) is 30.7 Å². The van der Waals surface area contributed by atoms with Crippen LogP contribution >= 0.6 is 11.6 Å². The fourth-order valence-electron chi connectivity index (χ4n) is 3.12. The lowest BCUT2D eigenvalue weighted by Crippen LogP contribution is -2.43. The quantitative estimate of drug-likeness (QED) is 0.760. The molecule has 1 fully saturated rings. The van der Waals surface area contributed by atoms with Crippen molar-refractivity contribution in [3.8, 4) is 0 Å². The Morgan fingerprint density at radius 3 is 2.71 bits per heavy atom. The van der Waals surface area contributed by atoms with E-state index in [0.29, 0.717) is 22.3 Å². The summed E-state index contributed by atoms with van der Waals surface area (Å²) in [5.74, 6) is 0.921. The molecule has 0 radical (unpaired) electrons. The Bertz CT molecular complexity index is 666. The van der Waals surface area contributed by atoms with Crippen molar-refractivity contribution in [2.24, 2.45) is 5.92 Å². The zero-order valence-electron chi connectivity index (χ0n) is 12.3. The van der Waals surface area contributed by atoms with Crippen LogP contribution in [0.1, 0.15) is 43.2 Å². The second-order valence-electron chi connectivity index (χ2n) is 5.98. The number of hydrogen-bond acceptors (Lipinski definition) is 3. The Morgan fingerprint density at radius 1 is 1.38 bits per heavy atom. The van der Waals surface area contributed by atoms with Crippen LogP contribution in [0.25, 0.3) is 11.0 Å². The second-order valence-corrected chi connectivity index (χ2v) is 6.39. The molecule has 1 aliphatic rings. The van der Waals surface area contributed by atoms with Crippen LogP contribution in [-0.2, 0) is 4.74 Å². The molecule has 0 amide bonds. The number of carbonyl (C=O) groups excluding carboxylic acids is 1. The molecule has 0 aliphatic heterocycles. The molecule has 21 heavy (non-hydrogen) atoms. The number of benzene rings is 1. The average Bonchev–Trinajstić information content (AvgIpc) is 2.93. The van der Waals surface area contributed by atoms with E-state index in [1.165, 1.54) is 0 Å². The van der Waals surface area contributed by atoms with Gasteiger partial charge in [0, 0.05) is 12.5 Å². The average molecular weight is 307 g/mol. The molecule has 0 bridgehead atoms. The zero-order chi connectivity index (χ0) is 15.0. The van der Waals surface area contributed by atoms with E-state index in [2.05, 4.69) is 6.92 Å². The molecule has 0 N–H and O–H groups in total. The Kier molecular flexibility index (Phi) is 3.80. The molecular formula is C17H19ClO3. The molecule has 4 heteroatoms. The van der Waals surface area contributed by atoms with Crippen molar-refractivity contribution in [2.75, 3.05) is 7.11 Å². The first-order valence-electron chi connectivity index (χ1n) is 7.34. The largest absolute Gasteiger partial charge is 0.451 e. The third-order valence-corrected chi connectivity index (χ3v) is 4.90. The van der Waals surface area contributed by atoms with Gasteiger partial charge in [-0.3, -0.25) is 4.79 Å². The van der Waals surface area contributed by atoms with Gasteiger partial charge in [-0.25, -0.2) is 0 Å². The molecule has 3 rings (SSSR count). The molecule has 112 valence electrons. The highest BCUT2D eigenvalue weighted by Crippen LogP contribution is 2.38. The molecule has 0 atom stereocenters. The SMILES string of the molecule is COC1(C(=O)c2cc3cccc(Cl)c3o2)CCC(C)CC1. The van der Waals surface area contributed by atoms with Gasteiger partial charge in [0.25, 0.3) is 0 Å². The fraction of sp³-hybridized carbons (Fsp3) is 0.471. The van der Waals surface area contributed by atoms with E-state index in [1.807, 2.05) is 12.1 Å². The van der Waals surface area contributed by atoms with Gasteiger partial charge >= 0.3 is 0 Å². The summed E-state index contributed by atoms with van der Waals surface area (Å²) in [6.45, 7) is 2.21. The summed E-state index contributed by atoms with van der Waals surface area (Å²) in [5.41, 5.74) is -0.176. The van der Waals surface area contributed by atoms with E-state index in [4.69, 9.17) is 20.8 Å². The number of rotatable bonds is 3. The van der Waals surface area contributed by atoms with Crippen molar-refractivity contribution >= 4 is 28.4 Å². The van der Waals surface area contributed by atoms with E-state index in [-0.39, 0.29) is 5.78 Å². The van der Waals surface area contributed by atoms with Crippen molar-refractivity contribution in [1.82, 2.24) is 0 Å². The number of hydrogen-bond donors (Lipinski definition) is 0. The lowest BCUT2D eigenvalue weighted by Gasteiger charge is -2.36. The van der Waals surface area contributed by atoms with Crippen LogP contribution < -0.4 is 0 Å². The Hall–Kier alpha value is -1.32. The number of methoxy groups -OCH3 is 1. The van der Waals surface area contributed by atoms with Gasteiger partial charge in [0.2, 0.25) is 5.78 Å². The first kappa shape index (κ1) is 14.6. The normalized spacial score (nSPS) is 26.1. The van der Waals surface area contributed by atoms with Crippen molar-refractivity contribution in [2.45, 2.75) is 38.2 Å². The fourth-order valence-corrected chi connectivity index (χ4v) is 3.34. The van der Waals surface area contributed by atoms with Crippen LogP contribution in [0.4, 0.5) is 0 Å². The minimum absolute atomic E-state index is 0.0656. The number of halogens is 1. The van der Waals surface area contributed by atoms with Crippen molar-refractivity contribution in [3.63, 3.8) is 0 Å². The highest BCUT2D eigenvalue weighted by Gasteiger charge is 2.43. The van der Waals surface area contributed by atoms with Gasteiger partial charge in [0.15, 0.2) is 11.3 Å². The van der Waals surface area contributed by atoms with Crippen LogP contribution in [0, 0.1) is 5.92 Å². The number of furan rings is 1. The van der Waals surface area contributed by atoms with Crippen molar-refractivity contribution in [3.05, 3.63) is 35.0 Å². The number of fused-ring (bicyclic) bond motifs is 1. The van der Waals surface area contributed by atoms with Gasteiger partial charge in [0.05, 0.1) is 5.02 Å². The highest BCUT2D eigenvalue weighted by molar-refractivity contribution is 6.34. The van der Waals surface area contributed by atoms with E-state index in [0.717, 1.165) is 31.1 Å². The number of para-hydroxylation sites is 1. The number of ketones is 1. The van der Waals surface area contributed by atoms with E-state index < -0.39 is 5.60 Å². The minimum Gasteiger partial charge on any atom is -0.451 e. The highest BCUT2D eigenvalue weighted by atomic mass is 35.5. The van der Waals surface area contributed by atoms with Crippen LogP contribution in [0.5, 0.6) is 0 Å². The number of Topliss-reactive ketones (excluding diaryl/α,β-unsaturated/α-hetero) is 1. The lowest BCUT2D eigenvalue weighted by molar-refractivity contribution is -0.0278. The molecule has 0 saturated heterocycles. The van der Waals surface area contributed by atoms with Crippen LogP contribution in [0.3, 0.4) is 0 Å². The van der Waals surface area contributed by atoms with Gasteiger partial charge in [-0.2, -0.15) is 0 Å². The molecule has 0 spiro atoms. The van der Waals surface area contributed by atoms with Crippen molar-refractivity contribution in [1.29, 1.82) is 0 Å². The predicted molar refractivity (Wildman–Crippen MR) is 82.9 cm³/mol. The van der Waals surface area contributed by atoms with E-state index in [9.17, 15) is 4.79 Å². The maximum atomic E-state index is 12.9. The van der Waals surface area contributed by atoms with Crippen molar-refractivity contribution < 1.29 is 13.9 Å². The summed E-state index contributed by atoms with van der Waals surface area (Å²) in [5, 5.41) is 1.37. The Labute approximate surface area is 129 Å². The molecule has 3 nitrogen and oxygen atoms in total. The maximum absolute atomic E-state index is 12.9. The second kappa shape index (κ2) is 5.47. The van der Waals surface area contributed by atoms with Gasteiger partial charge in [-0.15, -0.1) is 0 Å². The van der Waals surface area contributed by atoms with E-state index >= 15 is 0 Å². The predicted octanol–water partition coefficient (Wildman–Crippen LogP) is 4.86. The number of ether oxygens (including phenoxy) is 1. The Morgan fingerprint density at radius 2 is 2.10 bits per heavy atom. The van der Waals surface area contributed by atoms with Crippen LogP contribution in [0.15, 0.2) is 28.7 Å². The molecular weight excluding hydrogens is 288 g/mol. The van der Waals surface area contributed by atoms with Crippen LogP contribution in [-0.4, -0.2) is 18.5 Å². The first-order chi connectivity index (χ1) is 10.1. The Balaban J connectivity index is 1.97. The first-order valence-corrected chi connectivity index (χ1v) is 7.71. The lowest BCUT2D eigenvalue weighted by atomic mass is 9.76. The van der Waals surface area contributed by atoms with Gasteiger partial charge < -0.3 is 9.15 Å². The van der Waals surface area contributed by atoms with E-state index in [1.54, 1.807) is 19.2 Å². The zero-order valence-corrected chi connectivity index (χ0v) is 13.1. The molecule has 1 aliphatic carbocycles. The standard InChI is InChI=1S/C17H19ClO3/c1-11-6-8-17(20-2,9-7-11)16(19)14-10-12-4-3-5-13(18)15(12)21-14/h3-5,10-11H,6-9H2,1-2H3. The summed E-state index contributed by atoms with van der Waals surface area (Å²) >= 11 is 6.11. The monoisotopic (exact) mass is 306 g/mol. The molecule has 1 heterocycles. The topological polar surface area (TPSA) is 39.4 Å². The summed E-state index contributed by atoms with van der Waals surface area (Å²) in [6, 6.07) is 7.27. The molecule has 1 aromatic carbocycles. The summed E-state index contributed by atoms with van der Waals surface area (Å²) in [4.78, 5) is 12.9. The third kappa shape index (κ3) is 2.49. The third-order valence-electron chi connectivity index (χ3n) is 4.61. The molecule has 2 aromatic rings. The summed E-state index contributed by atoms with van der Waals surface area (Å²) in [6.07, 6.45) is 3.49. The smallest absolute Gasteiger partial charge is 0.229 e. The maximum Gasteiger partial charge on any atom is 0.229 e. The molecule has 0 unspecified atom stereocenters. The molecule has 1 aromatic heterocycles. The summed E-state index contributed by atoms with van der Waals surface area (Å²) in [7, 11) is 1.61. The van der Waals surface area contributed by atoms with Gasteiger partial charge in [-0.05, 0) is 43.7 Å². The van der Waals surface area contributed by atoms with Crippen LogP contribution in [0.2, 0.25) is 5.02 Å². The minimum atomic E-state index is -0.743.